The molecule has 0 aliphatic heterocycles. The molecule has 0 spiro atoms. The predicted molar refractivity (Wildman–Crippen MR) is 126 cm³/mol. The first-order valence-corrected chi connectivity index (χ1v) is 12.8. The van der Waals surface area contributed by atoms with Gasteiger partial charge in [0.05, 0.1) is 18.0 Å². The number of rotatable bonds is 7. The molecule has 0 radical (unpaired) electrons. The highest BCUT2D eigenvalue weighted by Gasteiger charge is 2.23. The average Bonchev–Trinajstić information content (AvgIpc) is 2.70. The van der Waals surface area contributed by atoms with E-state index in [2.05, 4.69) is 46.1 Å². The smallest absolute Gasteiger partial charge is 0.241 e. The number of sulfonamides is 1. The summed E-state index contributed by atoms with van der Waals surface area (Å²) in [6, 6.07) is 13.4. The lowest BCUT2D eigenvalue weighted by atomic mass is 9.89. The summed E-state index contributed by atoms with van der Waals surface area (Å²) in [4.78, 5) is 12.8. The van der Waals surface area contributed by atoms with Gasteiger partial charge < -0.3 is 5.32 Å². The average molecular weight is 526 g/mol. The summed E-state index contributed by atoms with van der Waals surface area (Å²) < 4.78 is 26.7. The molecule has 0 heterocycles. The van der Waals surface area contributed by atoms with Crippen LogP contribution in [-0.4, -0.2) is 27.1 Å². The minimum absolute atomic E-state index is 0.132. The molecule has 0 aromatic heterocycles. The van der Waals surface area contributed by atoms with Crippen LogP contribution in [0.2, 0.25) is 0 Å². The van der Waals surface area contributed by atoms with Gasteiger partial charge in [0.1, 0.15) is 6.54 Å². The number of hydrogen-bond donors (Lipinski definition) is 1. The van der Waals surface area contributed by atoms with Crippen LogP contribution in [0.25, 0.3) is 0 Å². The molecule has 1 aliphatic carbocycles. The van der Waals surface area contributed by atoms with Gasteiger partial charge in [-0.1, -0.05) is 25.1 Å². The van der Waals surface area contributed by atoms with Gasteiger partial charge in [0.15, 0.2) is 0 Å². The molecule has 1 aliphatic rings. The number of carbonyl (C=O) groups excluding carboxylic acids is 1. The topological polar surface area (TPSA) is 66.5 Å². The Labute approximate surface area is 187 Å². The Bertz CT molecular complexity index is 974. The summed E-state index contributed by atoms with van der Waals surface area (Å²) >= 11 is 2.16. The van der Waals surface area contributed by atoms with Gasteiger partial charge in [-0.05, 0) is 95.7 Å². The first-order valence-electron chi connectivity index (χ1n) is 9.92. The van der Waals surface area contributed by atoms with Crippen molar-refractivity contribution in [2.45, 2.75) is 45.1 Å². The molecular formula is C22H27IN2O3S. The molecule has 1 atom stereocenters. The lowest BCUT2D eigenvalue weighted by Crippen LogP contribution is -2.41. The van der Waals surface area contributed by atoms with Crippen molar-refractivity contribution >= 4 is 44.2 Å². The van der Waals surface area contributed by atoms with Crippen molar-refractivity contribution in [1.29, 1.82) is 0 Å². The van der Waals surface area contributed by atoms with Gasteiger partial charge in [0.2, 0.25) is 15.9 Å². The number of benzene rings is 2. The number of amides is 1. The molecule has 0 bridgehead atoms. The predicted octanol–water partition coefficient (Wildman–Crippen LogP) is 4.20. The molecule has 1 unspecified atom stereocenters. The third-order valence-electron chi connectivity index (χ3n) is 5.32. The van der Waals surface area contributed by atoms with E-state index in [9.17, 15) is 13.2 Å². The van der Waals surface area contributed by atoms with Gasteiger partial charge >= 0.3 is 0 Å². The van der Waals surface area contributed by atoms with Crippen LogP contribution in [-0.2, 0) is 27.7 Å². The Morgan fingerprint density at radius 1 is 1.10 bits per heavy atom. The number of anilines is 1. The van der Waals surface area contributed by atoms with E-state index in [1.807, 2.05) is 19.1 Å². The first kappa shape index (κ1) is 22.1. The van der Waals surface area contributed by atoms with Crippen molar-refractivity contribution in [1.82, 2.24) is 5.32 Å². The van der Waals surface area contributed by atoms with Crippen LogP contribution < -0.4 is 9.62 Å². The number of nitrogens with one attached hydrogen (secondary N) is 1. The lowest BCUT2D eigenvalue weighted by molar-refractivity contribution is -0.120. The molecule has 7 heteroatoms. The summed E-state index contributed by atoms with van der Waals surface area (Å²) in [7, 11) is -3.58. The normalized spacial score (nSPS) is 14.7. The van der Waals surface area contributed by atoms with Crippen molar-refractivity contribution in [3.63, 3.8) is 0 Å². The second-order valence-electron chi connectivity index (χ2n) is 7.51. The van der Waals surface area contributed by atoms with E-state index in [0.717, 1.165) is 39.0 Å². The molecule has 0 saturated heterocycles. The largest absolute Gasteiger partial charge is 0.348 e. The summed E-state index contributed by atoms with van der Waals surface area (Å²) in [5.41, 5.74) is 4.35. The fourth-order valence-electron chi connectivity index (χ4n) is 3.77. The Morgan fingerprint density at radius 3 is 2.38 bits per heavy atom. The summed E-state index contributed by atoms with van der Waals surface area (Å²) in [6.45, 7) is 1.79. The van der Waals surface area contributed by atoms with Gasteiger partial charge in [-0.3, -0.25) is 9.10 Å². The van der Waals surface area contributed by atoms with Gasteiger partial charge in [-0.25, -0.2) is 8.42 Å². The highest BCUT2D eigenvalue weighted by atomic mass is 127. The van der Waals surface area contributed by atoms with Crippen molar-refractivity contribution in [2.24, 2.45) is 0 Å². The number of carbonyl (C=O) groups is 1. The van der Waals surface area contributed by atoms with Crippen LogP contribution in [0, 0.1) is 3.57 Å². The third-order valence-corrected chi connectivity index (χ3v) is 7.18. The second kappa shape index (κ2) is 9.47. The number of hydrogen-bond acceptors (Lipinski definition) is 3. The summed E-state index contributed by atoms with van der Waals surface area (Å²) in [5, 5.41) is 3.03. The number of nitrogens with zero attached hydrogens (tertiary/aromatic N) is 1. The Morgan fingerprint density at radius 2 is 1.76 bits per heavy atom. The van der Waals surface area contributed by atoms with E-state index >= 15 is 0 Å². The van der Waals surface area contributed by atoms with E-state index in [1.165, 1.54) is 24.0 Å². The molecule has 1 amide bonds. The number of halogens is 1. The fraction of sp³-hybridized carbons (Fsp3) is 0.409. The standard InChI is InChI=1S/C22H27IN2O3S/c1-3-21(18-9-8-16-6-4-5-7-17(16)14-18)24-22(26)15-25(29(2,27)28)20-12-10-19(23)11-13-20/h8-14,21H,3-7,15H2,1-2H3,(H,24,26). The fourth-order valence-corrected chi connectivity index (χ4v) is 4.99. The molecular weight excluding hydrogens is 499 g/mol. The highest BCUT2D eigenvalue weighted by Crippen LogP contribution is 2.26. The second-order valence-corrected chi connectivity index (χ2v) is 10.7. The zero-order valence-electron chi connectivity index (χ0n) is 16.8. The minimum Gasteiger partial charge on any atom is -0.348 e. The van der Waals surface area contributed by atoms with Gasteiger partial charge in [-0.15, -0.1) is 0 Å². The van der Waals surface area contributed by atoms with Gasteiger partial charge in [-0.2, -0.15) is 0 Å². The zero-order chi connectivity index (χ0) is 21.0. The SMILES string of the molecule is CCC(NC(=O)CN(c1ccc(I)cc1)S(C)(=O)=O)c1ccc2c(c1)CCCC2. The van der Waals surface area contributed by atoms with Crippen molar-refractivity contribution in [3.05, 3.63) is 62.7 Å². The minimum atomic E-state index is -3.58. The van der Waals surface area contributed by atoms with E-state index in [4.69, 9.17) is 0 Å². The molecule has 5 nitrogen and oxygen atoms in total. The maximum Gasteiger partial charge on any atom is 0.241 e. The summed E-state index contributed by atoms with van der Waals surface area (Å²) in [5.74, 6) is -0.307. The molecule has 0 fully saturated rings. The Balaban J connectivity index is 1.75. The van der Waals surface area contributed by atoms with Gasteiger partial charge in [0.25, 0.3) is 0 Å². The molecule has 1 N–H and O–H groups in total. The van der Waals surface area contributed by atoms with Crippen LogP contribution in [0.15, 0.2) is 42.5 Å². The van der Waals surface area contributed by atoms with Crippen LogP contribution in [0.3, 0.4) is 0 Å². The van der Waals surface area contributed by atoms with Crippen LogP contribution in [0.5, 0.6) is 0 Å². The molecule has 2 aromatic rings. The monoisotopic (exact) mass is 526 g/mol. The molecule has 156 valence electrons. The molecule has 2 aromatic carbocycles. The van der Waals surface area contributed by atoms with E-state index in [0.29, 0.717) is 5.69 Å². The maximum atomic E-state index is 12.8. The zero-order valence-corrected chi connectivity index (χ0v) is 19.8. The number of aryl methyl sites for hydroxylation is 2. The molecule has 3 rings (SSSR count). The Kier molecular flexibility index (Phi) is 7.21. The summed E-state index contributed by atoms with van der Waals surface area (Å²) in [6.07, 6.45) is 6.52. The maximum absolute atomic E-state index is 12.8. The van der Waals surface area contributed by atoms with Gasteiger partial charge in [0, 0.05) is 3.57 Å². The Hall–Kier alpha value is -1.61. The molecule has 0 saturated carbocycles. The van der Waals surface area contributed by atoms with E-state index in [-0.39, 0.29) is 18.5 Å². The highest BCUT2D eigenvalue weighted by molar-refractivity contribution is 14.1. The number of fused-ring (bicyclic) bond motifs is 1. The van der Waals surface area contributed by atoms with Crippen molar-refractivity contribution < 1.29 is 13.2 Å². The van der Waals surface area contributed by atoms with E-state index < -0.39 is 10.0 Å². The van der Waals surface area contributed by atoms with Crippen LogP contribution in [0.1, 0.15) is 48.9 Å². The van der Waals surface area contributed by atoms with Crippen molar-refractivity contribution in [2.75, 3.05) is 17.1 Å². The lowest BCUT2D eigenvalue weighted by Gasteiger charge is -2.25. The third kappa shape index (κ3) is 5.72. The van der Waals surface area contributed by atoms with Crippen LogP contribution in [0.4, 0.5) is 5.69 Å². The van der Waals surface area contributed by atoms with Crippen molar-refractivity contribution in [3.8, 4) is 0 Å². The first-order chi connectivity index (χ1) is 13.8. The quantitative estimate of drug-likeness (QED) is 0.550. The van der Waals surface area contributed by atoms with Crippen LogP contribution >= 0.6 is 22.6 Å². The van der Waals surface area contributed by atoms with E-state index in [1.54, 1.807) is 12.1 Å². The molecule has 29 heavy (non-hydrogen) atoms.